The van der Waals surface area contributed by atoms with Crippen LogP contribution in [0.3, 0.4) is 0 Å². The number of benzene rings is 1. The molecule has 112 valence electrons. The van der Waals surface area contributed by atoms with Crippen LogP contribution in [0.1, 0.15) is 32.3 Å². The van der Waals surface area contributed by atoms with Crippen molar-refractivity contribution >= 4 is 10.0 Å². The summed E-state index contributed by atoms with van der Waals surface area (Å²) in [5, 5.41) is 10.1. The highest BCUT2D eigenvalue weighted by molar-refractivity contribution is 7.89. The van der Waals surface area contributed by atoms with Gasteiger partial charge >= 0.3 is 0 Å². The lowest BCUT2D eigenvalue weighted by molar-refractivity contribution is 0.0214. The maximum Gasteiger partial charge on any atom is 0.246 e. The molecule has 2 rings (SSSR count). The zero-order valence-corrected chi connectivity index (χ0v) is 12.7. The summed E-state index contributed by atoms with van der Waals surface area (Å²) in [6, 6.07) is 3.56. The van der Waals surface area contributed by atoms with Crippen molar-refractivity contribution in [3.63, 3.8) is 0 Å². The van der Waals surface area contributed by atoms with Crippen molar-refractivity contribution in [2.24, 2.45) is 0 Å². The van der Waals surface area contributed by atoms with Gasteiger partial charge in [-0.25, -0.2) is 12.8 Å². The molecule has 0 aliphatic carbocycles. The molecule has 20 heavy (non-hydrogen) atoms. The van der Waals surface area contributed by atoms with Crippen LogP contribution in [0.2, 0.25) is 0 Å². The average molecular weight is 301 g/mol. The molecule has 1 heterocycles. The fourth-order valence-electron chi connectivity index (χ4n) is 2.67. The number of rotatable bonds is 3. The van der Waals surface area contributed by atoms with Crippen molar-refractivity contribution in [3.05, 3.63) is 29.6 Å². The van der Waals surface area contributed by atoms with Gasteiger partial charge in [-0.05, 0) is 51.3 Å². The van der Waals surface area contributed by atoms with Crippen molar-refractivity contribution in [1.82, 2.24) is 4.31 Å². The second kappa shape index (κ2) is 5.09. The van der Waals surface area contributed by atoms with Crippen LogP contribution in [0, 0.1) is 12.7 Å². The largest absolute Gasteiger partial charge is 0.389 e. The first-order chi connectivity index (χ1) is 9.14. The molecule has 0 aromatic heterocycles. The van der Waals surface area contributed by atoms with E-state index >= 15 is 0 Å². The van der Waals surface area contributed by atoms with Gasteiger partial charge in [0.1, 0.15) is 10.7 Å². The lowest BCUT2D eigenvalue weighted by Gasteiger charge is -2.33. The van der Waals surface area contributed by atoms with Crippen molar-refractivity contribution in [3.8, 4) is 0 Å². The summed E-state index contributed by atoms with van der Waals surface area (Å²) in [6.07, 6.45) is 1.25. The number of aryl methyl sites for hydroxylation is 1. The Morgan fingerprint density at radius 1 is 1.40 bits per heavy atom. The van der Waals surface area contributed by atoms with E-state index in [0.717, 1.165) is 0 Å². The van der Waals surface area contributed by atoms with Gasteiger partial charge in [-0.3, -0.25) is 0 Å². The molecule has 1 N–H and O–H groups in total. The van der Waals surface area contributed by atoms with Crippen molar-refractivity contribution in [2.45, 2.75) is 50.2 Å². The van der Waals surface area contributed by atoms with E-state index in [4.69, 9.17) is 0 Å². The van der Waals surface area contributed by atoms with Gasteiger partial charge in [0.25, 0.3) is 0 Å². The molecular formula is C14H20FNO3S. The van der Waals surface area contributed by atoms with E-state index in [1.807, 2.05) is 0 Å². The van der Waals surface area contributed by atoms with Crippen LogP contribution in [0.25, 0.3) is 0 Å². The first-order valence-electron chi connectivity index (χ1n) is 6.64. The molecule has 4 nitrogen and oxygen atoms in total. The fourth-order valence-corrected chi connectivity index (χ4v) is 4.54. The lowest BCUT2D eigenvalue weighted by Crippen LogP contribution is -2.48. The molecule has 0 spiro atoms. The number of aliphatic hydroxyl groups is 1. The zero-order chi connectivity index (χ0) is 15.1. The third-order valence-electron chi connectivity index (χ3n) is 3.69. The first-order valence-corrected chi connectivity index (χ1v) is 8.08. The minimum Gasteiger partial charge on any atom is -0.389 e. The van der Waals surface area contributed by atoms with Crippen LogP contribution >= 0.6 is 0 Å². The molecule has 1 aromatic carbocycles. The van der Waals surface area contributed by atoms with Crippen molar-refractivity contribution < 1.29 is 17.9 Å². The van der Waals surface area contributed by atoms with E-state index in [-0.39, 0.29) is 4.90 Å². The van der Waals surface area contributed by atoms with Crippen LogP contribution in [-0.4, -0.2) is 36.0 Å². The monoisotopic (exact) mass is 301 g/mol. The zero-order valence-electron chi connectivity index (χ0n) is 11.9. The Bertz CT molecular complexity index is 607. The van der Waals surface area contributed by atoms with Crippen LogP contribution in [0.5, 0.6) is 0 Å². The van der Waals surface area contributed by atoms with Gasteiger partial charge in [0.15, 0.2) is 0 Å². The standard InChI is InChI=1S/C14H20FNO3S/c1-10-6-7-12(11(15)9-10)20(18,19)16-8-4-5-13(16)14(2,3)17/h6-7,9,13,17H,4-5,8H2,1-3H3. The molecule has 1 fully saturated rings. The smallest absolute Gasteiger partial charge is 0.246 e. The maximum absolute atomic E-state index is 14.0. The summed E-state index contributed by atoms with van der Waals surface area (Å²) in [5.74, 6) is -0.744. The van der Waals surface area contributed by atoms with Gasteiger partial charge in [0, 0.05) is 6.54 Å². The quantitative estimate of drug-likeness (QED) is 0.929. The van der Waals surface area contributed by atoms with Crippen molar-refractivity contribution in [2.75, 3.05) is 6.54 Å². The van der Waals surface area contributed by atoms with Gasteiger partial charge in [0.2, 0.25) is 10.0 Å². The highest BCUT2D eigenvalue weighted by Gasteiger charge is 2.43. The molecule has 0 bridgehead atoms. The highest BCUT2D eigenvalue weighted by Crippen LogP contribution is 2.32. The van der Waals surface area contributed by atoms with E-state index < -0.39 is 27.5 Å². The van der Waals surface area contributed by atoms with E-state index in [9.17, 15) is 17.9 Å². The molecule has 0 saturated carbocycles. The molecule has 1 aliphatic heterocycles. The maximum atomic E-state index is 14.0. The number of hydrogen-bond acceptors (Lipinski definition) is 3. The Labute approximate surface area is 119 Å². The Morgan fingerprint density at radius 2 is 2.05 bits per heavy atom. The van der Waals surface area contributed by atoms with Gasteiger partial charge in [0.05, 0.1) is 11.6 Å². The van der Waals surface area contributed by atoms with E-state index in [1.54, 1.807) is 26.8 Å². The molecular weight excluding hydrogens is 281 g/mol. The van der Waals surface area contributed by atoms with E-state index in [2.05, 4.69) is 0 Å². The van der Waals surface area contributed by atoms with E-state index in [0.29, 0.717) is 24.9 Å². The van der Waals surface area contributed by atoms with Gasteiger partial charge in [-0.2, -0.15) is 4.31 Å². The van der Waals surface area contributed by atoms with E-state index in [1.165, 1.54) is 16.4 Å². The predicted octanol–water partition coefficient (Wildman–Crippen LogP) is 2.06. The Balaban J connectivity index is 2.44. The predicted molar refractivity (Wildman–Crippen MR) is 74.3 cm³/mol. The first kappa shape index (κ1) is 15.4. The second-order valence-electron chi connectivity index (χ2n) is 5.86. The molecule has 1 aliphatic rings. The lowest BCUT2D eigenvalue weighted by atomic mass is 9.98. The molecule has 1 atom stereocenters. The summed E-state index contributed by atoms with van der Waals surface area (Å²) in [7, 11) is -3.92. The third kappa shape index (κ3) is 2.73. The van der Waals surface area contributed by atoms with Gasteiger partial charge in [-0.15, -0.1) is 0 Å². The van der Waals surface area contributed by atoms with Crippen LogP contribution in [0.15, 0.2) is 23.1 Å². The molecule has 0 radical (unpaired) electrons. The average Bonchev–Trinajstić information content (AvgIpc) is 2.77. The highest BCUT2D eigenvalue weighted by atomic mass is 32.2. The Morgan fingerprint density at radius 3 is 2.60 bits per heavy atom. The molecule has 1 aromatic rings. The molecule has 0 amide bonds. The number of sulfonamides is 1. The normalized spacial score (nSPS) is 21.4. The third-order valence-corrected chi connectivity index (χ3v) is 5.63. The van der Waals surface area contributed by atoms with Gasteiger partial charge in [-0.1, -0.05) is 6.07 Å². The summed E-state index contributed by atoms with van der Waals surface area (Å²) in [5.41, 5.74) is -0.480. The minimum absolute atomic E-state index is 0.310. The number of halogens is 1. The minimum atomic E-state index is -3.92. The Hall–Kier alpha value is -0.980. The summed E-state index contributed by atoms with van der Waals surface area (Å²) < 4.78 is 40.4. The molecule has 1 saturated heterocycles. The summed E-state index contributed by atoms with van der Waals surface area (Å²) in [6.45, 7) is 5.17. The second-order valence-corrected chi connectivity index (χ2v) is 7.72. The SMILES string of the molecule is Cc1ccc(S(=O)(=O)N2CCCC2C(C)(C)O)c(F)c1. The number of nitrogens with zero attached hydrogens (tertiary/aromatic N) is 1. The summed E-state index contributed by atoms with van der Waals surface area (Å²) >= 11 is 0. The molecule has 6 heteroatoms. The fraction of sp³-hybridized carbons (Fsp3) is 0.571. The van der Waals surface area contributed by atoms with Crippen LogP contribution in [0.4, 0.5) is 4.39 Å². The van der Waals surface area contributed by atoms with Gasteiger partial charge < -0.3 is 5.11 Å². The van der Waals surface area contributed by atoms with Crippen LogP contribution < -0.4 is 0 Å². The van der Waals surface area contributed by atoms with Crippen LogP contribution in [-0.2, 0) is 10.0 Å². The Kier molecular flexibility index (Phi) is 3.92. The van der Waals surface area contributed by atoms with Crippen molar-refractivity contribution in [1.29, 1.82) is 0 Å². The summed E-state index contributed by atoms with van der Waals surface area (Å²) in [4.78, 5) is -0.320. The molecule has 1 unspecified atom stereocenters. The number of hydrogen-bond donors (Lipinski definition) is 1. The topological polar surface area (TPSA) is 57.6 Å².